The van der Waals surface area contributed by atoms with Crippen molar-refractivity contribution in [3.8, 4) is 0 Å². The Kier molecular flexibility index (Phi) is 52.1. The Labute approximate surface area is 255 Å². The first-order valence-electron chi connectivity index (χ1n) is 16.1. The number of hydrogen-bond acceptors (Lipinski definition) is 10. The van der Waals surface area contributed by atoms with Crippen LogP contribution in [0.4, 0.5) is 0 Å². The number of nitrogens with one attached hydrogen (secondary N) is 3. The fourth-order valence-electron chi connectivity index (χ4n) is 2.25. The minimum absolute atomic E-state index is 0.532. The van der Waals surface area contributed by atoms with Gasteiger partial charge in [0.2, 0.25) is 0 Å². The van der Waals surface area contributed by atoms with Gasteiger partial charge in [-0.1, -0.05) is 93.4 Å². The maximum Gasteiger partial charge on any atom is 0.124 e. The molecule has 0 fully saturated rings. The van der Waals surface area contributed by atoms with Crippen LogP contribution in [0.1, 0.15) is 130 Å². The third kappa shape index (κ3) is 42.0. The van der Waals surface area contributed by atoms with Gasteiger partial charge in [0.15, 0.2) is 0 Å². The Hall–Kier alpha value is -2.65. The van der Waals surface area contributed by atoms with Gasteiger partial charge in [0, 0.05) is 61.9 Å². The van der Waals surface area contributed by atoms with E-state index in [4.69, 9.17) is 0 Å². The summed E-state index contributed by atoms with van der Waals surface area (Å²) in [7, 11) is 0. The third-order valence-corrected chi connectivity index (χ3v) is 4.30. The van der Waals surface area contributed by atoms with E-state index < -0.39 is 0 Å². The molecule has 10 heteroatoms. The fraction of sp³-hybridized carbons (Fsp3) is 0.839. The molecule has 0 aromatic carbocycles. The van der Waals surface area contributed by atoms with E-state index in [-0.39, 0.29) is 0 Å². The molecule has 0 saturated carbocycles. The molecule has 0 spiro atoms. The van der Waals surface area contributed by atoms with Crippen LogP contribution in [-0.2, 0) is 9.68 Å². The zero-order valence-electron chi connectivity index (χ0n) is 29.6. The van der Waals surface area contributed by atoms with Crippen LogP contribution in [0.15, 0.2) is 25.6 Å². The molecule has 0 radical (unpaired) electrons. The molecule has 5 aliphatic heterocycles. The third-order valence-electron chi connectivity index (χ3n) is 4.30. The van der Waals surface area contributed by atoms with Gasteiger partial charge >= 0.3 is 0 Å². The highest BCUT2D eigenvalue weighted by Gasteiger charge is 2.02. The molecule has 41 heavy (non-hydrogen) atoms. The lowest BCUT2D eigenvalue weighted by Gasteiger charge is -2.12. The van der Waals surface area contributed by atoms with Gasteiger partial charge in [-0.3, -0.25) is 0 Å². The molecule has 0 aliphatic carbocycles. The second kappa shape index (κ2) is 44.4. The molecule has 0 bridgehead atoms. The first kappa shape index (κ1) is 48.1. The van der Waals surface area contributed by atoms with Gasteiger partial charge in [-0.05, 0) is 33.6 Å². The number of oxime groups is 2. The number of nitrogens with zero attached hydrogens (tertiary/aromatic N) is 5. The van der Waals surface area contributed by atoms with Gasteiger partial charge in [-0.2, -0.15) is 15.3 Å². The molecule has 5 aliphatic rings. The van der Waals surface area contributed by atoms with Crippen LogP contribution >= 0.6 is 0 Å². The predicted octanol–water partition coefficient (Wildman–Crippen LogP) is 7.86. The van der Waals surface area contributed by atoms with Crippen molar-refractivity contribution in [2.45, 2.75) is 142 Å². The van der Waals surface area contributed by atoms with Gasteiger partial charge in [-0.25, -0.2) is 0 Å². The van der Waals surface area contributed by atoms with Crippen molar-refractivity contribution in [3.63, 3.8) is 0 Å². The lowest BCUT2D eigenvalue weighted by atomic mass is 10.2. The van der Waals surface area contributed by atoms with Gasteiger partial charge < -0.3 is 26.0 Å². The molecular weight excluding hydrogens is 516 g/mol. The van der Waals surface area contributed by atoms with E-state index in [0.29, 0.717) is 23.9 Å². The lowest BCUT2D eigenvalue weighted by Crippen LogP contribution is -2.23. The molecule has 4 atom stereocenters. The lowest BCUT2D eigenvalue weighted by molar-refractivity contribution is 0.158. The molecule has 5 heterocycles. The summed E-state index contributed by atoms with van der Waals surface area (Å²) in [4.78, 5) is 9.27. The molecule has 246 valence electrons. The highest BCUT2D eigenvalue weighted by molar-refractivity contribution is 5.82. The second-order valence-electron chi connectivity index (χ2n) is 8.05. The summed E-state index contributed by atoms with van der Waals surface area (Å²) in [5, 5.41) is 18.7. The molecule has 10 nitrogen and oxygen atoms in total. The van der Waals surface area contributed by atoms with Gasteiger partial charge in [0.25, 0.3) is 0 Å². The van der Waals surface area contributed by atoms with Crippen LogP contribution in [0.25, 0.3) is 0 Å². The average molecular weight is 587 g/mol. The number of hydrogen-bond donors (Lipinski definition) is 3. The Morgan fingerprint density at radius 3 is 1.44 bits per heavy atom. The van der Waals surface area contributed by atoms with Gasteiger partial charge in [0.1, 0.15) is 13.2 Å². The highest BCUT2D eigenvalue weighted by Crippen LogP contribution is 1.98. The molecule has 0 saturated heterocycles. The van der Waals surface area contributed by atoms with Gasteiger partial charge in [-0.15, -0.1) is 0 Å². The standard InChI is InChI=1S/C5H10N2.2C4H8N2.2C4H7NO.5C2H6/c1-5-3-2-4-6-7-5;1-4-2-5-6-3-4;1-4-2-3-5-6-4;1-4-2-5-6-3-4;1-4-2-3-6-5-4;5*1-2/h4-5,7H,2-3H2,1H3;2,4,6H,3H2,1H3;3-4,6H,2H2,1H3;2,4H,3H2,1H3;2-3H2,1H3;5*1-2H3. The Morgan fingerprint density at radius 1 is 0.707 bits per heavy atom. The summed E-state index contributed by atoms with van der Waals surface area (Å²) < 4.78 is 0. The smallest absolute Gasteiger partial charge is 0.124 e. The zero-order chi connectivity index (χ0) is 32.7. The molecule has 0 aromatic rings. The SMILES string of the molecule is CC.CC.CC.CC.CC.CC1=NOCC1.CC1C=NNC1.CC1C=NOC1.CC1CC=NN1.CC1CCC=NN1. The minimum atomic E-state index is 0.532. The number of hydrazone groups is 3. The highest BCUT2D eigenvalue weighted by atomic mass is 16.6. The number of rotatable bonds is 0. The first-order valence-corrected chi connectivity index (χ1v) is 16.1. The van der Waals surface area contributed by atoms with E-state index in [0.717, 1.165) is 44.7 Å². The van der Waals surface area contributed by atoms with Crippen molar-refractivity contribution in [3.05, 3.63) is 0 Å². The maximum absolute atomic E-state index is 4.64. The Balaban J connectivity index is -0.000000122. The molecule has 3 N–H and O–H groups in total. The van der Waals surface area contributed by atoms with Crippen molar-refractivity contribution in [2.75, 3.05) is 19.8 Å². The Bertz CT molecular complexity index is 583. The summed E-state index contributed by atoms with van der Waals surface area (Å²) >= 11 is 0. The fourth-order valence-corrected chi connectivity index (χ4v) is 2.25. The maximum atomic E-state index is 4.64. The normalized spacial score (nSPS) is 22.1. The second-order valence-corrected chi connectivity index (χ2v) is 8.05. The van der Waals surface area contributed by atoms with Gasteiger partial charge in [0.05, 0.1) is 11.9 Å². The van der Waals surface area contributed by atoms with Crippen molar-refractivity contribution < 1.29 is 9.68 Å². The van der Waals surface area contributed by atoms with Crippen LogP contribution in [0, 0.1) is 11.8 Å². The van der Waals surface area contributed by atoms with E-state index in [1.807, 2.05) is 94.8 Å². The van der Waals surface area contributed by atoms with E-state index in [2.05, 4.69) is 79.3 Å². The van der Waals surface area contributed by atoms with E-state index in [9.17, 15) is 0 Å². The minimum Gasteiger partial charge on any atom is -0.395 e. The summed E-state index contributed by atoms with van der Waals surface area (Å²) in [6.07, 6.45) is 12.0. The zero-order valence-corrected chi connectivity index (χ0v) is 29.6. The van der Waals surface area contributed by atoms with Crippen LogP contribution in [0.3, 0.4) is 0 Å². The summed E-state index contributed by atoms with van der Waals surface area (Å²) in [5.74, 6) is 1.18. The van der Waals surface area contributed by atoms with Crippen molar-refractivity contribution in [2.24, 2.45) is 37.5 Å². The van der Waals surface area contributed by atoms with E-state index in [1.165, 1.54) is 6.42 Å². The molecule has 5 rings (SSSR count). The van der Waals surface area contributed by atoms with Crippen LogP contribution in [-0.4, -0.2) is 62.4 Å². The molecular formula is C31H70N8O2. The van der Waals surface area contributed by atoms with Crippen LogP contribution in [0.2, 0.25) is 0 Å². The van der Waals surface area contributed by atoms with Crippen molar-refractivity contribution in [1.82, 2.24) is 16.3 Å². The van der Waals surface area contributed by atoms with E-state index >= 15 is 0 Å². The molecule has 4 unspecified atom stereocenters. The topological polar surface area (TPSA) is 116 Å². The molecule has 0 amide bonds. The summed E-state index contributed by atoms with van der Waals surface area (Å²) in [6, 6.07) is 1.16. The van der Waals surface area contributed by atoms with Crippen LogP contribution < -0.4 is 16.3 Å². The predicted molar refractivity (Wildman–Crippen MR) is 186 cm³/mol. The first-order chi connectivity index (χ1) is 20.0. The quantitative estimate of drug-likeness (QED) is 0.267. The average Bonchev–Trinajstić information content (AvgIpc) is 3.88. The monoisotopic (exact) mass is 587 g/mol. The van der Waals surface area contributed by atoms with E-state index in [1.54, 1.807) is 6.21 Å². The summed E-state index contributed by atoms with van der Waals surface area (Å²) in [5.41, 5.74) is 9.79. The molecule has 0 aromatic heterocycles. The largest absolute Gasteiger partial charge is 0.395 e. The van der Waals surface area contributed by atoms with Crippen molar-refractivity contribution >= 4 is 30.6 Å². The van der Waals surface area contributed by atoms with Crippen LogP contribution in [0.5, 0.6) is 0 Å². The Morgan fingerprint density at radius 2 is 1.29 bits per heavy atom. The van der Waals surface area contributed by atoms with Crippen molar-refractivity contribution in [1.29, 1.82) is 0 Å². The summed E-state index contributed by atoms with van der Waals surface area (Å²) in [6.45, 7) is 33.0.